The lowest BCUT2D eigenvalue weighted by molar-refractivity contribution is -0.140. The fourth-order valence-corrected chi connectivity index (χ4v) is 1.50. The van der Waals surface area contributed by atoms with E-state index in [0.717, 1.165) is 6.42 Å². The van der Waals surface area contributed by atoms with Gasteiger partial charge in [0.15, 0.2) is 0 Å². The maximum atomic E-state index is 11.1. The van der Waals surface area contributed by atoms with Gasteiger partial charge in [0.05, 0.1) is 0 Å². The van der Waals surface area contributed by atoms with Gasteiger partial charge in [0.1, 0.15) is 6.04 Å². The van der Waals surface area contributed by atoms with Crippen molar-refractivity contribution in [2.45, 2.75) is 18.9 Å². The summed E-state index contributed by atoms with van der Waals surface area (Å²) in [6.45, 7) is 0.666. The number of carbonyl (C=O) groups excluding carboxylic acids is 1. The van der Waals surface area contributed by atoms with E-state index in [1.807, 2.05) is 0 Å². The van der Waals surface area contributed by atoms with Gasteiger partial charge in [-0.3, -0.25) is 9.59 Å². The van der Waals surface area contributed by atoms with Crippen LogP contribution in [-0.4, -0.2) is 36.6 Å². The molecule has 1 saturated heterocycles. The van der Waals surface area contributed by atoms with Gasteiger partial charge in [-0.1, -0.05) is 0 Å². The number of carboxylic acid groups (broad SMARTS) is 1. The Morgan fingerprint density at radius 2 is 2.43 bits per heavy atom. The van der Waals surface area contributed by atoms with Gasteiger partial charge < -0.3 is 15.7 Å². The highest BCUT2D eigenvalue weighted by molar-refractivity contribution is 5.85. The molecule has 3 N–H and O–H groups in total. The number of hydrogen-bond acceptors (Lipinski definition) is 3. The molecule has 0 aromatic carbocycles. The third kappa shape index (κ3) is 3.16. The largest absolute Gasteiger partial charge is 0.480 e. The third-order valence-corrected chi connectivity index (χ3v) is 2.33. The Morgan fingerprint density at radius 1 is 1.79 bits per heavy atom. The van der Waals surface area contributed by atoms with Gasteiger partial charge in [-0.05, 0) is 19.9 Å². The molecule has 1 aliphatic rings. The second-order valence-corrected chi connectivity index (χ2v) is 3.19. The van der Waals surface area contributed by atoms with Crippen LogP contribution in [0.4, 0.5) is 0 Å². The first-order chi connectivity index (χ1) is 6.15. The normalized spacial score (nSPS) is 22.4. The molecular formula is C8H15ClN2O3. The van der Waals surface area contributed by atoms with Crippen molar-refractivity contribution in [3.05, 3.63) is 0 Å². The molecule has 0 unspecified atom stereocenters. The molecule has 1 heterocycles. The minimum atomic E-state index is -0.901. The number of carbonyl (C=O) groups is 2. The molecule has 6 heteroatoms. The number of amides is 1. The van der Waals surface area contributed by atoms with E-state index < -0.39 is 12.0 Å². The SMILES string of the molecule is CN[C@@H](C[C@@H]1CCNC1=O)C(=O)O.Cl. The lowest BCUT2D eigenvalue weighted by Gasteiger charge is -2.13. The zero-order valence-corrected chi connectivity index (χ0v) is 8.76. The molecule has 5 nitrogen and oxygen atoms in total. The molecule has 0 saturated carbocycles. The average Bonchev–Trinajstić information content (AvgIpc) is 2.46. The quantitative estimate of drug-likeness (QED) is 0.605. The van der Waals surface area contributed by atoms with Crippen molar-refractivity contribution < 1.29 is 14.7 Å². The highest BCUT2D eigenvalue weighted by Crippen LogP contribution is 2.15. The average molecular weight is 223 g/mol. The maximum Gasteiger partial charge on any atom is 0.320 e. The summed E-state index contributed by atoms with van der Waals surface area (Å²) in [6.07, 6.45) is 1.11. The molecule has 1 aliphatic heterocycles. The van der Waals surface area contributed by atoms with Gasteiger partial charge in [-0.15, -0.1) is 12.4 Å². The van der Waals surface area contributed by atoms with E-state index in [1.54, 1.807) is 7.05 Å². The Bertz CT molecular complexity index is 223. The zero-order chi connectivity index (χ0) is 9.84. The van der Waals surface area contributed by atoms with Gasteiger partial charge in [0.2, 0.25) is 5.91 Å². The van der Waals surface area contributed by atoms with Crippen LogP contribution in [0.5, 0.6) is 0 Å². The molecular weight excluding hydrogens is 208 g/mol. The van der Waals surface area contributed by atoms with Gasteiger partial charge >= 0.3 is 5.97 Å². The molecule has 1 fully saturated rings. The van der Waals surface area contributed by atoms with Crippen molar-refractivity contribution >= 4 is 24.3 Å². The molecule has 0 radical (unpaired) electrons. The van der Waals surface area contributed by atoms with Crippen molar-refractivity contribution in [1.29, 1.82) is 0 Å². The van der Waals surface area contributed by atoms with Crippen LogP contribution < -0.4 is 10.6 Å². The van der Waals surface area contributed by atoms with Crippen molar-refractivity contribution in [3.63, 3.8) is 0 Å². The highest BCUT2D eigenvalue weighted by atomic mass is 35.5. The van der Waals surface area contributed by atoms with Crippen LogP contribution in [0.15, 0.2) is 0 Å². The van der Waals surface area contributed by atoms with E-state index in [2.05, 4.69) is 10.6 Å². The Labute approximate surface area is 88.7 Å². The molecule has 1 amide bonds. The second kappa shape index (κ2) is 5.82. The number of rotatable bonds is 4. The predicted molar refractivity (Wildman–Crippen MR) is 53.5 cm³/mol. The summed E-state index contributed by atoms with van der Waals surface area (Å²) in [5, 5.41) is 14.1. The van der Waals surface area contributed by atoms with Gasteiger partial charge in [-0.25, -0.2) is 0 Å². The second-order valence-electron chi connectivity index (χ2n) is 3.19. The van der Waals surface area contributed by atoms with Crippen LogP contribution in [0.3, 0.4) is 0 Å². The monoisotopic (exact) mass is 222 g/mol. The summed E-state index contributed by atoms with van der Waals surface area (Å²) in [5.41, 5.74) is 0. The van der Waals surface area contributed by atoms with Crippen LogP contribution in [0.1, 0.15) is 12.8 Å². The first kappa shape index (κ1) is 13.2. The number of halogens is 1. The standard InChI is InChI=1S/C8H14N2O3.ClH/c1-9-6(8(12)13)4-5-2-3-10-7(5)11;/h5-6,9H,2-4H2,1H3,(H,10,11)(H,12,13);1H/t5-,6-;/m0./s1. The summed E-state index contributed by atoms with van der Waals surface area (Å²) >= 11 is 0. The van der Waals surface area contributed by atoms with E-state index in [0.29, 0.717) is 13.0 Å². The lowest BCUT2D eigenvalue weighted by Crippen LogP contribution is -2.37. The molecule has 0 aromatic heterocycles. The van der Waals surface area contributed by atoms with Gasteiger partial charge in [0.25, 0.3) is 0 Å². The van der Waals surface area contributed by atoms with Crippen LogP contribution >= 0.6 is 12.4 Å². The minimum Gasteiger partial charge on any atom is -0.480 e. The highest BCUT2D eigenvalue weighted by Gasteiger charge is 2.29. The summed E-state index contributed by atoms with van der Waals surface area (Å²) in [6, 6.07) is -0.617. The zero-order valence-electron chi connectivity index (χ0n) is 7.95. The van der Waals surface area contributed by atoms with Crippen molar-refractivity contribution in [2.24, 2.45) is 5.92 Å². The lowest BCUT2D eigenvalue weighted by atomic mass is 9.99. The van der Waals surface area contributed by atoms with E-state index in [4.69, 9.17) is 5.11 Å². The third-order valence-electron chi connectivity index (χ3n) is 2.33. The molecule has 0 bridgehead atoms. The van der Waals surface area contributed by atoms with E-state index in [9.17, 15) is 9.59 Å². The number of hydrogen-bond donors (Lipinski definition) is 3. The van der Waals surface area contributed by atoms with Crippen LogP contribution in [0, 0.1) is 5.92 Å². The minimum absolute atomic E-state index is 0. The van der Waals surface area contributed by atoms with E-state index >= 15 is 0 Å². The Balaban J connectivity index is 0.00000169. The van der Waals surface area contributed by atoms with Crippen LogP contribution in [0.2, 0.25) is 0 Å². The van der Waals surface area contributed by atoms with Gasteiger partial charge in [-0.2, -0.15) is 0 Å². The summed E-state index contributed by atoms with van der Waals surface area (Å²) in [4.78, 5) is 21.7. The van der Waals surface area contributed by atoms with Gasteiger partial charge in [0, 0.05) is 12.5 Å². The smallest absolute Gasteiger partial charge is 0.320 e. The molecule has 1 rings (SSSR count). The number of likely N-dealkylation sites (N-methyl/N-ethyl adjacent to an activating group) is 1. The van der Waals surface area contributed by atoms with Crippen LogP contribution in [-0.2, 0) is 9.59 Å². The van der Waals surface area contributed by atoms with Crippen molar-refractivity contribution in [3.8, 4) is 0 Å². The van der Waals surface area contributed by atoms with E-state index in [1.165, 1.54) is 0 Å². The fraction of sp³-hybridized carbons (Fsp3) is 0.750. The first-order valence-corrected chi connectivity index (χ1v) is 4.33. The molecule has 0 spiro atoms. The number of carboxylic acids is 1. The van der Waals surface area contributed by atoms with Crippen LogP contribution in [0.25, 0.3) is 0 Å². The van der Waals surface area contributed by atoms with Crippen molar-refractivity contribution in [1.82, 2.24) is 10.6 Å². The molecule has 2 atom stereocenters. The topological polar surface area (TPSA) is 78.4 Å². The van der Waals surface area contributed by atoms with E-state index in [-0.39, 0.29) is 24.2 Å². The maximum absolute atomic E-state index is 11.1. The summed E-state index contributed by atoms with van der Waals surface area (Å²) in [5.74, 6) is -1.07. The summed E-state index contributed by atoms with van der Waals surface area (Å²) < 4.78 is 0. The number of nitrogens with one attached hydrogen (secondary N) is 2. The first-order valence-electron chi connectivity index (χ1n) is 4.33. The number of aliphatic carboxylic acids is 1. The molecule has 0 aromatic rings. The summed E-state index contributed by atoms with van der Waals surface area (Å²) in [7, 11) is 1.59. The predicted octanol–water partition coefficient (Wildman–Crippen LogP) is -0.393. The molecule has 14 heavy (non-hydrogen) atoms. The molecule has 82 valence electrons. The van der Waals surface area contributed by atoms with Crippen molar-refractivity contribution in [2.75, 3.05) is 13.6 Å². The Hall–Kier alpha value is -0.810. The Morgan fingerprint density at radius 3 is 2.79 bits per heavy atom. The molecule has 0 aliphatic carbocycles. The fourth-order valence-electron chi connectivity index (χ4n) is 1.50. The Kier molecular flexibility index (Phi) is 5.49.